The van der Waals surface area contributed by atoms with Gasteiger partial charge in [0.25, 0.3) is 0 Å². The van der Waals surface area contributed by atoms with Crippen LogP contribution in [-0.2, 0) is 25.5 Å². The number of amides is 1. The van der Waals surface area contributed by atoms with Crippen LogP contribution in [0.4, 0.5) is 0 Å². The van der Waals surface area contributed by atoms with Crippen molar-refractivity contribution in [2.45, 2.75) is 12.8 Å². The molecule has 19 heavy (non-hydrogen) atoms. The Kier molecular flexibility index (Phi) is 4.84. The minimum absolute atomic E-state index is 0.0172. The van der Waals surface area contributed by atoms with Gasteiger partial charge in [-0.15, -0.1) is 0 Å². The van der Waals surface area contributed by atoms with E-state index in [0.717, 1.165) is 5.56 Å². The third kappa shape index (κ3) is 3.28. The van der Waals surface area contributed by atoms with Crippen molar-refractivity contribution < 1.29 is 19.0 Å². The molecular weight excluding hydrogens is 248 g/mol. The fraction of sp³-hybridized carbons (Fsp3) is 0.538. The van der Waals surface area contributed by atoms with Crippen molar-refractivity contribution in [3.8, 4) is 0 Å². The highest BCUT2D eigenvalue weighted by molar-refractivity contribution is 5.78. The van der Waals surface area contributed by atoms with Gasteiger partial charge in [-0.1, -0.05) is 6.07 Å². The predicted molar refractivity (Wildman–Crippen MR) is 66.1 cm³/mol. The molecule has 0 unspecified atom stereocenters. The maximum atomic E-state index is 11.7. The minimum Gasteiger partial charge on any atom is -0.370 e. The van der Waals surface area contributed by atoms with Crippen LogP contribution in [-0.4, -0.2) is 49.8 Å². The lowest BCUT2D eigenvalue weighted by Crippen LogP contribution is -2.41. The molecule has 0 atom stereocenters. The SMILES string of the molecule is COC(OC)c1n[c]ccc1CN1CCOCC1=O. The van der Waals surface area contributed by atoms with E-state index in [2.05, 4.69) is 11.2 Å². The molecule has 6 nitrogen and oxygen atoms in total. The molecule has 1 aromatic heterocycles. The molecule has 1 aliphatic rings. The van der Waals surface area contributed by atoms with Crippen LogP contribution in [0.15, 0.2) is 12.1 Å². The lowest BCUT2D eigenvalue weighted by Gasteiger charge is -2.28. The largest absolute Gasteiger partial charge is 0.370 e. The van der Waals surface area contributed by atoms with E-state index < -0.39 is 6.29 Å². The number of ether oxygens (including phenoxy) is 3. The molecule has 1 amide bonds. The first-order chi connectivity index (χ1) is 9.26. The van der Waals surface area contributed by atoms with E-state index in [0.29, 0.717) is 25.4 Å². The molecule has 0 bridgehead atoms. The van der Waals surface area contributed by atoms with Crippen LogP contribution in [0.25, 0.3) is 0 Å². The second-order valence-corrected chi connectivity index (χ2v) is 4.16. The summed E-state index contributed by atoms with van der Waals surface area (Å²) in [6, 6.07) is 3.59. The molecule has 1 radical (unpaired) electrons. The standard InChI is InChI=1S/C13H17N2O4/c1-17-13(18-2)12-10(4-3-5-14-12)8-15-6-7-19-9-11(15)16/h3-4,13H,6-9H2,1-2H3. The lowest BCUT2D eigenvalue weighted by atomic mass is 10.1. The van der Waals surface area contributed by atoms with Crippen LogP contribution in [0.5, 0.6) is 0 Å². The zero-order chi connectivity index (χ0) is 13.7. The van der Waals surface area contributed by atoms with Crippen LogP contribution in [0.3, 0.4) is 0 Å². The van der Waals surface area contributed by atoms with E-state index in [9.17, 15) is 4.79 Å². The molecule has 1 aliphatic heterocycles. The Labute approximate surface area is 112 Å². The molecule has 0 spiro atoms. The number of hydrogen-bond acceptors (Lipinski definition) is 5. The number of pyridine rings is 1. The number of methoxy groups -OCH3 is 2. The molecule has 103 valence electrons. The van der Waals surface area contributed by atoms with Gasteiger partial charge in [-0.25, -0.2) is 4.98 Å². The molecule has 1 saturated heterocycles. The number of carbonyl (C=O) groups excluding carboxylic acids is 1. The van der Waals surface area contributed by atoms with Gasteiger partial charge in [-0.2, -0.15) is 0 Å². The summed E-state index contributed by atoms with van der Waals surface area (Å²) in [6.45, 7) is 1.76. The van der Waals surface area contributed by atoms with E-state index in [4.69, 9.17) is 14.2 Å². The van der Waals surface area contributed by atoms with Gasteiger partial charge >= 0.3 is 0 Å². The minimum atomic E-state index is -0.552. The third-order valence-electron chi connectivity index (χ3n) is 2.97. The Balaban J connectivity index is 2.17. The van der Waals surface area contributed by atoms with E-state index in [1.54, 1.807) is 25.2 Å². The smallest absolute Gasteiger partial charge is 0.248 e. The highest BCUT2D eigenvalue weighted by Gasteiger charge is 2.22. The quantitative estimate of drug-likeness (QED) is 0.727. The predicted octanol–water partition coefficient (Wildman–Crippen LogP) is 0.532. The summed E-state index contributed by atoms with van der Waals surface area (Å²) in [5, 5.41) is 0. The van der Waals surface area contributed by atoms with E-state index in [1.165, 1.54) is 0 Å². The average molecular weight is 265 g/mol. The lowest BCUT2D eigenvalue weighted by molar-refractivity contribution is -0.143. The first-order valence-corrected chi connectivity index (χ1v) is 6.03. The van der Waals surface area contributed by atoms with Crippen molar-refractivity contribution in [3.63, 3.8) is 0 Å². The zero-order valence-electron chi connectivity index (χ0n) is 11.1. The summed E-state index contributed by atoms with van der Waals surface area (Å²) in [4.78, 5) is 17.6. The number of carbonyl (C=O) groups is 1. The molecule has 0 aromatic carbocycles. The van der Waals surface area contributed by atoms with Crippen molar-refractivity contribution in [1.82, 2.24) is 9.88 Å². The molecule has 1 aromatic rings. The van der Waals surface area contributed by atoms with Crippen LogP contribution < -0.4 is 0 Å². The Bertz CT molecular complexity index is 434. The molecule has 6 heteroatoms. The molecule has 0 N–H and O–H groups in total. The second-order valence-electron chi connectivity index (χ2n) is 4.16. The highest BCUT2D eigenvalue weighted by Crippen LogP contribution is 2.20. The van der Waals surface area contributed by atoms with Crippen LogP contribution in [0.2, 0.25) is 0 Å². The van der Waals surface area contributed by atoms with Crippen LogP contribution in [0, 0.1) is 6.20 Å². The van der Waals surface area contributed by atoms with Gasteiger partial charge in [0.05, 0.1) is 12.8 Å². The maximum Gasteiger partial charge on any atom is 0.248 e. The van der Waals surface area contributed by atoms with Crippen molar-refractivity contribution in [1.29, 1.82) is 0 Å². The first kappa shape index (κ1) is 13.9. The van der Waals surface area contributed by atoms with Crippen molar-refractivity contribution in [2.75, 3.05) is 34.0 Å². The topological polar surface area (TPSA) is 60.9 Å². The summed E-state index contributed by atoms with van der Waals surface area (Å²) in [6.07, 6.45) is 2.21. The fourth-order valence-corrected chi connectivity index (χ4v) is 1.98. The second kappa shape index (κ2) is 6.60. The van der Waals surface area contributed by atoms with Crippen LogP contribution in [0.1, 0.15) is 17.5 Å². The summed E-state index contributed by atoms with van der Waals surface area (Å²) in [5.74, 6) is -0.0172. The summed E-state index contributed by atoms with van der Waals surface area (Å²) in [5.41, 5.74) is 1.54. The molecule has 1 fully saturated rings. The molecular formula is C13H17N2O4. The fourth-order valence-electron chi connectivity index (χ4n) is 1.98. The Morgan fingerprint density at radius 2 is 2.32 bits per heavy atom. The van der Waals surface area contributed by atoms with E-state index in [-0.39, 0.29) is 12.5 Å². The normalized spacial score (nSPS) is 16.2. The summed E-state index contributed by atoms with van der Waals surface area (Å²) in [7, 11) is 3.10. The van der Waals surface area contributed by atoms with Crippen molar-refractivity contribution in [2.24, 2.45) is 0 Å². The number of morpholine rings is 1. The molecule has 2 rings (SSSR count). The van der Waals surface area contributed by atoms with Gasteiger partial charge in [-0.3, -0.25) is 4.79 Å². The zero-order valence-corrected chi connectivity index (χ0v) is 11.1. The van der Waals surface area contributed by atoms with Gasteiger partial charge < -0.3 is 19.1 Å². The van der Waals surface area contributed by atoms with E-state index in [1.807, 2.05) is 6.07 Å². The van der Waals surface area contributed by atoms with Gasteiger partial charge in [0.1, 0.15) is 12.3 Å². The maximum absolute atomic E-state index is 11.7. The third-order valence-corrected chi connectivity index (χ3v) is 2.97. The van der Waals surface area contributed by atoms with E-state index >= 15 is 0 Å². The summed E-state index contributed by atoms with van der Waals surface area (Å²) >= 11 is 0. The van der Waals surface area contributed by atoms with Gasteiger partial charge in [0.15, 0.2) is 0 Å². The number of rotatable bonds is 5. The number of nitrogens with zero attached hydrogens (tertiary/aromatic N) is 2. The number of hydrogen-bond donors (Lipinski definition) is 0. The van der Waals surface area contributed by atoms with Crippen LogP contribution >= 0.6 is 0 Å². The van der Waals surface area contributed by atoms with Gasteiger partial charge in [0.2, 0.25) is 12.2 Å². The molecule has 0 saturated carbocycles. The number of aromatic nitrogens is 1. The molecule has 2 heterocycles. The average Bonchev–Trinajstić information content (AvgIpc) is 2.44. The Morgan fingerprint density at radius 1 is 1.53 bits per heavy atom. The Morgan fingerprint density at radius 3 is 3.00 bits per heavy atom. The van der Waals surface area contributed by atoms with Gasteiger partial charge in [0, 0.05) is 27.3 Å². The monoisotopic (exact) mass is 265 g/mol. The van der Waals surface area contributed by atoms with Crippen molar-refractivity contribution in [3.05, 3.63) is 29.6 Å². The Hall–Kier alpha value is -1.50. The molecule has 0 aliphatic carbocycles. The van der Waals surface area contributed by atoms with Gasteiger partial charge in [-0.05, 0) is 11.6 Å². The van der Waals surface area contributed by atoms with Crippen molar-refractivity contribution >= 4 is 5.91 Å². The summed E-state index contributed by atoms with van der Waals surface area (Å²) < 4.78 is 15.5. The first-order valence-electron chi connectivity index (χ1n) is 6.03. The highest BCUT2D eigenvalue weighted by atomic mass is 16.7.